The zero-order valence-corrected chi connectivity index (χ0v) is 16.4. The van der Waals surface area contributed by atoms with Crippen molar-refractivity contribution in [2.45, 2.75) is 63.3 Å². The van der Waals surface area contributed by atoms with E-state index in [0.717, 1.165) is 23.5 Å². The van der Waals surface area contributed by atoms with E-state index in [4.69, 9.17) is 21.1 Å². The fourth-order valence-corrected chi connectivity index (χ4v) is 4.74. The Hall–Kier alpha value is -0.870. The summed E-state index contributed by atoms with van der Waals surface area (Å²) in [6, 6.07) is 1.11. The number of ether oxygens (including phenoxy) is 1. The van der Waals surface area contributed by atoms with Gasteiger partial charge in [0, 0.05) is 17.9 Å². The fraction of sp³-hybridized carbons (Fsp3) is 0.733. The first-order valence-electron chi connectivity index (χ1n) is 8.48. The van der Waals surface area contributed by atoms with Gasteiger partial charge in [0.2, 0.25) is 0 Å². The Morgan fingerprint density at radius 2 is 2.19 bits per heavy atom. The van der Waals surface area contributed by atoms with Gasteiger partial charge in [-0.1, -0.05) is 26.7 Å². The summed E-state index contributed by atoms with van der Waals surface area (Å²) in [6.45, 7) is 0.0711. The van der Waals surface area contributed by atoms with E-state index < -0.39 is 48.9 Å². The molecule has 0 amide bonds. The standard InChI is InChI=1S/C15H25N2O7PS/c1-3-4-5-9(2)25(22,26)24-13-10(8-18)23-14(12(13)20)17-7-6-11(19)16-15(17)21/h6-7,9-10,12-14,18,20H,3-5,8H2,1-2H3,(H,22,26)(H,16,19,21). The van der Waals surface area contributed by atoms with Gasteiger partial charge in [0.25, 0.3) is 5.56 Å². The Bertz CT molecular complexity index is 767. The minimum atomic E-state index is -3.25. The van der Waals surface area contributed by atoms with Crippen molar-refractivity contribution in [3.05, 3.63) is 33.1 Å². The van der Waals surface area contributed by atoms with Crippen molar-refractivity contribution < 1.29 is 24.4 Å². The van der Waals surface area contributed by atoms with Gasteiger partial charge in [0.05, 0.1) is 6.61 Å². The summed E-state index contributed by atoms with van der Waals surface area (Å²) < 4.78 is 12.2. The van der Waals surface area contributed by atoms with Gasteiger partial charge in [0.1, 0.15) is 18.3 Å². The van der Waals surface area contributed by atoms with Crippen molar-refractivity contribution in [1.82, 2.24) is 9.55 Å². The Balaban J connectivity index is 2.22. The first-order valence-corrected chi connectivity index (χ1v) is 11.2. The number of rotatable bonds is 8. The van der Waals surface area contributed by atoms with Gasteiger partial charge in [-0.25, -0.2) is 4.79 Å². The van der Waals surface area contributed by atoms with Crippen LogP contribution in [0.5, 0.6) is 0 Å². The van der Waals surface area contributed by atoms with Gasteiger partial charge >= 0.3 is 5.69 Å². The van der Waals surface area contributed by atoms with Crippen LogP contribution in [0.25, 0.3) is 0 Å². The molecule has 148 valence electrons. The summed E-state index contributed by atoms with van der Waals surface area (Å²) in [7, 11) is 0. The number of aromatic nitrogens is 2. The first kappa shape index (κ1) is 21.4. The lowest BCUT2D eigenvalue weighted by Crippen LogP contribution is -2.39. The van der Waals surface area contributed by atoms with Crippen LogP contribution >= 0.6 is 6.49 Å². The molecular weight excluding hydrogens is 383 g/mol. The molecule has 1 aromatic heterocycles. The molecule has 1 saturated heterocycles. The lowest BCUT2D eigenvalue weighted by Gasteiger charge is -2.29. The third-order valence-electron chi connectivity index (χ3n) is 4.42. The summed E-state index contributed by atoms with van der Waals surface area (Å²) in [5.41, 5.74) is -1.63. The van der Waals surface area contributed by atoms with E-state index >= 15 is 0 Å². The van der Waals surface area contributed by atoms with Crippen molar-refractivity contribution in [1.29, 1.82) is 0 Å². The second kappa shape index (κ2) is 8.88. The van der Waals surface area contributed by atoms with E-state index in [2.05, 4.69) is 4.98 Å². The van der Waals surface area contributed by atoms with Crippen LogP contribution in [0.3, 0.4) is 0 Å². The highest BCUT2D eigenvalue weighted by molar-refractivity contribution is 8.09. The monoisotopic (exact) mass is 408 g/mol. The molecule has 0 bridgehead atoms. The summed E-state index contributed by atoms with van der Waals surface area (Å²) in [4.78, 5) is 35.8. The van der Waals surface area contributed by atoms with E-state index in [1.54, 1.807) is 6.92 Å². The molecule has 1 aliphatic rings. The van der Waals surface area contributed by atoms with Crippen LogP contribution in [0.15, 0.2) is 21.9 Å². The molecule has 0 saturated carbocycles. The highest BCUT2D eigenvalue weighted by Gasteiger charge is 2.48. The molecule has 1 fully saturated rings. The predicted molar refractivity (Wildman–Crippen MR) is 98.7 cm³/mol. The molecule has 6 unspecified atom stereocenters. The number of aliphatic hydroxyl groups is 2. The zero-order valence-electron chi connectivity index (χ0n) is 14.6. The molecule has 0 radical (unpaired) electrons. The van der Waals surface area contributed by atoms with E-state index in [-0.39, 0.29) is 5.66 Å². The van der Waals surface area contributed by atoms with Crippen molar-refractivity contribution in [2.24, 2.45) is 0 Å². The molecular formula is C15H25N2O7PS. The van der Waals surface area contributed by atoms with Crippen LogP contribution in [0.1, 0.15) is 39.3 Å². The van der Waals surface area contributed by atoms with E-state index in [9.17, 15) is 24.7 Å². The van der Waals surface area contributed by atoms with Gasteiger partial charge in [-0.3, -0.25) is 14.3 Å². The Kier molecular flexibility index (Phi) is 7.32. The average Bonchev–Trinajstić information content (AvgIpc) is 2.88. The molecule has 2 heterocycles. The third kappa shape index (κ3) is 4.69. The van der Waals surface area contributed by atoms with Crippen LogP contribution in [0, 0.1) is 0 Å². The van der Waals surface area contributed by atoms with Gasteiger partial charge in [-0.2, -0.15) is 0 Å². The quantitative estimate of drug-likeness (QED) is 0.444. The van der Waals surface area contributed by atoms with Crippen LogP contribution in [0.2, 0.25) is 0 Å². The largest absolute Gasteiger partial charge is 0.394 e. The average molecular weight is 408 g/mol. The number of H-pyrrole nitrogens is 1. The summed E-state index contributed by atoms with van der Waals surface area (Å²) in [5, 5.41) is 20.1. The molecule has 1 aromatic rings. The lowest BCUT2D eigenvalue weighted by molar-refractivity contribution is -0.0544. The number of hydrogen-bond acceptors (Lipinski definition) is 7. The number of hydrogen-bond donors (Lipinski definition) is 4. The molecule has 1 aliphatic heterocycles. The van der Waals surface area contributed by atoms with E-state index in [0.29, 0.717) is 6.42 Å². The first-order chi connectivity index (χ1) is 12.2. The van der Waals surface area contributed by atoms with Crippen LogP contribution in [-0.4, -0.2) is 55.2 Å². The highest BCUT2D eigenvalue weighted by Crippen LogP contribution is 2.53. The Morgan fingerprint density at radius 1 is 1.50 bits per heavy atom. The Labute approximate surface area is 155 Å². The van der Waals surface area contributed by atoms with Gasteiger partial charge in [-0.05, 0) is 18.2 Å². The molecule has 26 heavy (non-hydrogen) atoms. The van der Waals surface area contributed by atoms with Crippen molar-refractivity contribution in [2.75, 3.05) is 6.61 Å². The number of aliphatic hydroxyl groups excluding tert-OH is 2. The molecule has 6 atom stereocenters. The molecule has 0 aromatic carbocycles. The number of nitrogens with one attached hydrogen (secondary N) is 1. The Morgan fingerprint density at radius 3 is 2.77 bits per heavy atom. The highest BCUT2D eigenvalue weighted by atomic mass is 32.5. The van der Waals surface area contributed by atoms with Gasteiger partial charge in [-0.15, -0.1) is 0 Å². The molecule has 4 N–H and O–H groups in total. The number of aromatic amines is 1. The number of nitrogens with zero attached hydrogens (tertiary/aromatic N) is 1. The topological polar surface area (TPSA) is 134 Å². The predicted octanol–water partition coefficient (Wildman–Crippen LogP) is 0.0529. The normalized spacial score (nSPS) is 29.4. The summed E-state index contributed by atoms with van der Waals surface area (Å²) in [5.74, 6) is 0. The van der Waals surface area contributed by atoms with E-state index in [1.165, 1.54) is 6.20 Å². The van der Waals surface area contributed by atoms with Crippen molar-refractivity contribution >= 4 is 18.3 Å². The van der Waals surface area contributed by atoms with Gasteiger partial charge in [0.15, 0.2) is 12.7 Å². The van der Waals surface area contributed by atoms with Crippen molar-refractivity contribution in [3.63, 3.8) is 0 Å². The molecule has 9 nitrogen and oxygen atoms in total. The minimum absolute atomic E-state index is 0.279. The van der Waals surface area contributed by atoms with Crippen molar-refractivity contribution in [3.8, 4) is 0 Å². The number of unbranched alkanes of at least 4 members (excludes halogenated alkanes) is 1. The molecule has 0 aliphatic carbocycles. The molecule has 0 spiro atoms. The minimum Gasteiger partial charge on any atom is -0.394 e. The van der Waals surface area contributed by atoms with Gasteiger partial charge < -0.3 is 24.4 Å². The second-order valence-electron chi connectivity index (χ2n) is 6.38. The smallest absolute Gasteiger partial charge is 0.330 e. The maximum atomic E-state index is 11.9. The molecule has 2 rings (SSSR count). The van der Waals surface area contributed by atoms with Crippen LogP contribution in [-0.2, 0) is 21.1 Å². The van der Waals surface area contributed by atoms with Crippen LogP contribution in [0.4, 0.5) is 0 Å². The SMILES string of the molecule is CCCCC(C)P(O)(=S)OC1C(CO)OC(n2ccc(=O)[nH]c2=O)C1O. The summed E-state index contributed by atoms with van der Waals surface area (Å²) in [6.07, 6.45) is -0.903. The third-order valence-corrected chi connectivity index (χ3v) is 7.68. The fourth-order valence-electron chi connectivity index (χ4n) is 2.80. The summed E-state index contributed by atoms with van der Waals surface area (Å²) >= 11 is 5.25. The second-order valence-corrected chi connectivity index (χ2v) is 10.2. The lowest BCUT2D eigenvalue weighted by atomic mass is 10.1. The maximum absolute atomic E-state index is 11.9. The van der Waals surface area contributed by atoms with E-state index in [1.807, 2.05) is 6.92 Å². The van der Waals surface area contributed by atoms with Crippen LogP contribution < -0.4 is 11.2 Å². The maximum Gasteiger partial charge on any atom is 0.330 e. The molecule has 11 heteroatoms. The zero-order chi connectivity index (χ0) is 19.5.